The number of rotatable bonds is 3. The van der Waals surface area contributed by atoms with Gasteiger partial charge < -0.3 is 5.11 Å². The second kappa shape index (κ2) is 4.21. The van der Waals surface area contributed by atoms with Crippen LogP contribution in [0.2, 0.25) is 0 Å². The molecule has 76 valence electrons. The Morgan fingerprint density at radius 2 is 2.38 bits per heavy atom. The first kappa shape index (κ1) is 10.7. The van der Waals surface area contributed by atoms with E-state index < -0.39 is 10.1 Å². The summed E-state index contributed by atoms with van der Waals surface area (Å²) in [5, 5.41) is 8.78. The minimum Gasteiger partial charge on any atom is -0.392 e. The number of aliphatic hydroxyl groups excluding tert-OH is 1. The molecule has 0 aromatic heterocycles. The molecule has 1 atom stereocenters. The Bertz CT molecular complexity index is 291. The van der Waals surface area contributed by atoms with Gasteiger partial charge in [-0.3, -0.25) is 4.18 Å². The van der Waals surface area contributed by atoms with Crippen molar-refractivity contribution in [2.24, 2.45) is 0 Å². The molecule has 0 radical (unpaired) electrons. The summed E-state index contributed by atoms with van der Waals surface area (Å²) < 4.78 is 26.3. The quantitative estimate of drug-likeness (QED) is 0.537. The average molecular weight is 206 g/mol. The summed E-state index contributed by atoms with van der Waals surface area (Å²) in [4.78, 5) is 0. The van der Waals surface area contributed by atoms with Gasteiger partial charge in [0.1, 0.15) is 0 Å². The zero-order valence-corrected chi connectivity index (χ0v) is 8.38. The van der Waals surface area contributed by atoms with Gasteiger partial charge >= 0.3 is 0 Å². The summed E-state index contributed by atoms with van der Waals surface area (Å²) >= 11 is 0. The third-order valence-electron chi connectivity index (χ3n) is 1.97. The van der Waals surface area contributed by atoms with Crippen LogP contribution in [-0.2, 0) is 14.3 Å². The van der Waals surface area contributed by atoms with E-state index in [2.05, 4.69) is 0 Å². The van der Waals surface area contributed by atoms with Gasteiger partial charge in [0.25, 0.3) is 10.1 Å². The van der Waals surface area contributed by atoms with Crippen molar-refractivity contribution in [3.8, 4) is 0 Å². The molecule has 0 fully saturated rings. The number of hydrogen-bond donors (Lipinski definition) is 1. The van der Waals surface area contributed by atoms with Gasteiger partial charge in [-0.1, -0.05) is 6.08 Å². The normalized spacial score (nSPS) is 24.2. The summed E-state index contributed by atoms with van der Waals surface area (Å²) in [6, 6.07) is 0. The maximum atomic E-state index is 10.8. The summed E-state index contributed by atoms with van der Waals surface area (Å²) in [7, 11) is -3.34. The lowest BCUT2D eigenvalue weighted by molar-refractivity contribution is 0.194. The largest absolute Gasteiger partial charge is 0.392 e. The fraction of sp³-hybridized carbons (Fsp3) is 0.750. The Kier molecular flexibility index (Phi) is 3.47. The van der Waals surface area contributed by atoms with E-state index in [1.54, 1.807) is 0 Å². The highest BCUT2D eigenvalue weighted by atomic mass is 32.2. The minimum atomic E-state index is -3.34. The molecule has 1 aliphatic rings. The fourth-order valence-corrected chi connectivity index (χ4v) is 2.01. The van der Waals surface area contributed by atoms with E-state index in [1.807, 2.05) is 6.08 Å². The summed E-state index contributed by atoms with van der Waals surface area (Å²) in [5.41, 5.74) is 0.966. The molecule has 0 heterocycles. The lowest BCUT2D eigenvalue weighted by Crippen LogP contribution is -2.20. The molecule has 1 unspecified atom stereocenters. The van der Waals surface area contributed by atoms with Crippen molar-refractivity contribution < 1.29 is 17.7 Å². The van der Waals surface area contributed by atoms with E-state index in [1.165, 1.54) is 0 Å². The van der Waals surface area contributed by atoms with Crippen LogP contribution < -0.4 is 0 Å². The SMILES string of the molecule is CS(=O)(=O)OC1CC=C(CO)CC1. The van der Waals surface area contributed by atoms with E-state index >= 15 is 0 Å². The van der Waals surface area contributed by atoms with Crippen LogP contribution >= 0.6 is 0 Å². The number of hydrogen-bond acceptors (Lipinski definition) is 4. The minimum absolute atomic E-state index is 0.0611. The van der Waals surface area contributed by atoms with Crippen LogP contribution in [0.4, 0.5) is 0 Å². The van der Waals surface area contributed by atoms with E-state index in [4.69, 9.17) is 9.29 Å². The summed E-state index contributed by atoms with van der Waals surface area (Å²) in [6.45, 7) is 0.0611. The highest BCUT2D eigenvalue weighted by molar-refractivity contribution is 7.86. The van der Waals surface area contributed by atoms with Gasteiger partial charge in [-0.25, -0.2) is 0 Å². The lowest BCUT2D eigenvalue weighted by atomic mass is 9.98. The van der Waals surface area contributed by atoms with Gasteiger partial charge in [0.05, 0.1) is 19.0 Å². The third kappa shape index (κ3) is 3.89. The van der Waals surface area contributed by atoms with Crippen LogP contribution in [0.5, 0.6) is 0 Å². The Labute approximate surface area is 78.3 Å². The molecule has 0 amide bonds. The number of aliphatic hydroxyl groups is 1. The highest BCUT2D eigenvalue weighted by Gasteiger charge is 2.18. The van der Waals surface area contributed by atoms with Crippen LogP contribution in [0.1, 0.15) is 19.3 Å². The summed E-state index contributed by atoms with van der Waals surface area (Å²) in [5.74, 6) is 0. The Balaban J connectivity index is 2.47. The smallest absolute Gasteiger partial charge is 0.264 e. The Morgan fingerprint density at radius 3 is 2.77 bits per heavy atom. The molecule has 0 saturated heterocycles. The van der Waals surface area contributed by atoms with Crippen LogP contribution in [0.25, 0.3) is 0 Å². The predicted octanol–water partition coefficient (Wildman–Crippen LogP) is 0.434. The van der Waals surface area contributed by atoms with Crippen molar-refractivity contribution in [3.63, 3.8) is 0 Å². The van der Waals surface area contributed by atoms with Gasteiger partial charge in [0, 0.05) is 0 Å². The predicted molar refractivity (Wildman–Crippen MR) is 48.7 cm³/mol. The summed E-state index contributed by atoms with van der Waals surface area (Å²) in [6.07, 6.45) is 4.61. The van der Waals surface area contributed by atoms with Gasteiger partial charge in [-0.05, 0) is 24.8 Å². The Hall–Kier alpha value is -0.390. The Morgan fingerprint density at radius 1 is 1.69 bits per heavy atom. The standard InChI is InChI=1S/C8H14O4S/c1-13(10,11)12-8-4-2-7(6-9)3-5-8/h2,8-9H,3-6H2,1H3. The van der Waals surface area contributed by atoms with Crippen LogP contribution in [0.15, 0.2) is 11.6 Å². The molecule has 0 aliphatic heterocycles. The van der Waals surface area contributed by atoms with E-state index in [0.717, 1.165) is 18.2 Å². The molecule has 4 nitrogen and oxygen atoms in total. The van der Waals surface area contributed by atoms with Crippen molar-refractivity contribution in [3.05, 3.63) is 11.6 Å². The maximum Gasteiger partial charge on any atom is 0.264 e. The molecule has 0 aromatic rings. The van der Waals surface area contributed by atoms with Crippen molar-refractivity contribution in [2.45, 2.75) is 25.4 Å². The van der Waals surface area contributed by atoms with Crippen LogP contribution in [0, 0.1) is 0 Å². The fourth-order valence-electron chi connectivity index (χ4n) is 1.34. The topological polar surface area (TPSA) is 63.6 Å². The first-order valence-electron chi connectivity index (χ1n) is 4.18. The van der Waals surface area contributed by atoms with E-state index in [9.17, 15) is 8.42 Å². The van der Waals surface area contributed by atoms with Crippen molar-refractivity contribution in [1.29, 1.82) is 0 Å². The lowest BCUT2D eigenvalue weighted by Gasteiger charge is -2.19. The van der Waals surface area contributed by atoms with Crippen molar-refractivity contribution in [1.82, 2.24) is 0 Å². The molecule has 1 rings (SSSR count). The molecule has 1 aliphatic carbocycles. The molecule has 0 spiro atoms. The molecule has 0 saturated carbocycles. The third-order valence-corrected chi connectivity index (χ3v) is 2.59. The first-order valence-corrected chi connectivity index (χ1v) is 6.00. The van der Waals surface area contributed by atoms with Crippen LogP contribution in [-0.4, -0.2) is 32.5 Å². The zero-order chi connectivity index (χ0) is 9.90. The molecule has 1 N–H and O–H groups in total. The molecular weight excluding hydrogens is 192 g/mol. The molecule has 5 heteroatoms. The first-order chi connectivity index (χ1) is 6.01. The molecule has 0 bridgehead atoms. The van der Waals surface area contributed by atoms with Crippen molar-refractivity contribution in [2.75, 3.05) is 12.9 Å². The maximum absolute atomic E-state index is 10.8. The molecule has 13 heavy (non-hydrogen) atoms. The van der Waals surface area contributed by atoms with Gasteiger partial charge in [0.2, 0.25) is 0 Å². The monoisotopic (exact) mass is 206 g/mol. The highest BCUT2D eigenvalue weighted by Crippen LogP contribution is 2.21. The second-order valence-corrected chi connectivity index (χ2v) is 4.82. The van der Waals surface area contributed by atoms with Crippen molar-refractivity contribution >= 4 is 10.1 Å². The average Bonchev–Trinajstić information content (AvgIpc) is 2.03. The van der Waals surface area contributed by atoms with Gasteiger partial charge in [-0.2, -0.15) is 8.42 Å². The molecular formula is C8H14O4S. The van der Waals surface area contributed by atoms with E-state index in [0.29, 0.717) is 12.8 Å². The zero-order valence-electron chi connectivity index (χ0n) is 7.56. The van der Waals surface area contributed by atoms with Crippen LogP contribution in [0.3, 0.4) is 0 Å². The second-order valence-electron chi connectivity index (χ2n) is 3.22. The molecule has 0 aromatic carbocycles. The van der Waals surface area contributed by atoms with E-state index in [-0.39, 0.29) is 12.7 Å². The van der Waals surface area contributed by atoms with Gasteiger partial charge in [0.15, 0.2) is 0 Å². The van der Waals surface area contributed by atoms with Gasteiger partial charge in [-0.15, -0.1) is 0 Å².